The minimum Gasteiger partial charge on any atom is -0.482 e. The molecule has 0 aromatic heterocycles. The van der Waals surface area contributed by atoms with E-state index in [1.54, 1.807) is 18.2 Å². The van der Waals surface area contributed by atoms with Crippen molar-refractivity contribution in [2.45, 2.75) is 4.90 Å². The van der Waals surface area contributed by atoms with Crippen molar-refractivity contribution in [3.8, 4) is 5.75 Å². The zero-order valence-corrected chi connectivity index (χ0v) is 15.2. The Morgan fingerprint density at radius 3 is 2.48 bits per heavy atom. The number of nitrogens with one attached hydrogen (secondary N) is 1. The second-order valence-corrected chi connectivity index (χ2v) is 8.05. The predicted molar refractivity (Wildman–Crippen MR) is 92.8 cm³/mol. The molecule has 2 rings (SSSR count). The van der Waals surface area contributed by atoms with Crippen LogP contribution in [0.15, 0.2) is 51.8 Å². The molecule has 2 aromatic rings. The van der Waals surface area contributed by atoms with E-state index in [2.05, 4.69) is 21.2 Å². The molecule has 5 nitrogen and oxygen atoms in total. The minimum atomic E-state index is -3.26. The molecular formula is C15H13BrClNO4S. The van der Waals surface area contributed by atoms with Gasteiger partial charge in [0.05, 0.1) is 9.92 Å². The molecule has 0 spiro atoms. The van der Waals surface area contributed by atoms with Gasteiger partial charge in [-0.05, 0) is 42.5 Å². The monoisotopic (exact) mass is 417 g/mol. The van der Waals surface area contributed by atoms with Gasteiger partial charge in [0.1, 0.15) is 5.75 Å². The van der Waals surface area contributed by atoms with Crippen LogP contribution in [0.4, 0.5) is 5.69 Å². The maximum absolute atomic E-state index is 11.9. The van der Waals surface area contributed by atoms with Crippen LogP contribution in [0, 0.1) is 0 Å². The summed E-state index contributed by atoms with van der Waals surface area (Å²) in [5, 5.41) is 3.01. The molecule has 0 unspecified atom stereocenters. The van der Waals surface area contributed by atoms with Gasteiger partial charge in [-0.2, -0.15) is 0 Å². The Labute approximate surface area is 147 Å². The van der Waals surface area contributed by atoms with E-state index in [1.807, 2.05) is 0 Å². The van der Waals surface area contributed by atoms with Crippen LogP contribution in [-0.2, 0) is 14.6 Å². The van der Waals surface area contributed by atoms with E-state index in [4.69, 9.17) is 16.3 Å². The molecule has 0 aliphatic rings. The van der Waals surface area contributed by atoms with Gasteiger partial charge in [0.25, 0.3) is 5.91 Å². The molecule has 0 bridgehead atoms. The number of sulfone groups is 1. The zero-order chi connectivity index (χ0) is 17.0. The molecule has 0 aliphatic heterocycles. The molecule has 0 atom stereocenters. The molecule has 23 heavy (non-hydrogen) atoms. The predicted octanol–water partition coefficient (Wildman–Crippen LogP) is 3.52. The lowest BCUT2D eigenvalue weighted by molar-refractivity contribution is -0.118. The molecule has 0 fully saturated rings. The molecule has 0 heterocycles. The highest BCUT2D eigenvalue weighted by Crippen LogP contribution is 2.27. The van der Waals surface area contributed by atoms with E-state index < -0.39 is 9.84 Å². The fourth-order valence-electron chi connectivity index (χ4n) is 1.71. The molecule has 2 aromatic carbocycles. The van der Waals surface area contributed by atoms with Gasteiger partial charge < -0.3 is 10.1 Å². The number of benzene rings is 2. The fraction of sp³-hybridized carbons (Fsp3) is 0.133. The van der Waals surface area contributed by atoms with Crippen molar-refractivity contribution in [2.75, 3.05) is 18.2 Å². The van der Waals surface area contributed by atoms with E-state index in [1.165, 1.54) is 24.3 Å². The molecule has 0 saturated carbocycles. The third kappa shape index (κ3) is 5.23. The standard InChI is InChI=1S/C15H13BrClNO4S/c1-23(20,21)12-5-3-11(4-6-12)18-15(19)9-22-14-8-10(16)2-7-13(14)17/h2-8H,9H2,1H3,(H,18,19). The van der Waals surface area contributed by atoms with Gasteiger partial charge in [-0.25, -0.2) is 8.42 Å². The van der Waals surface area contributed by atoms with Crippen LogP contribution >= 0.6 is 27.5 Å². The van der Waals surface area contributed by atoms with Gasteiger partial charge >= 0.3 is 0 Å². The lowest BCUT2D eigenvalue weighted by atomic mass is 10.3. The molecule has 8 heteroatoms. The number of amides is 1. The van der Waals surface area contributed by atoms with Gasteiger partial charge in [-0.1, -0.05) is 27.5 Å². The van der Waals surface area contributed by atoms with Gasteiger partial charge in [-0.15, -0.1) is 0 Å². The number of hydrogen-bond donors (Lipinski definition) is 1. The number of ether oxygens (including phenoxy) is 1. The first-order valence-electron chi connectivity index (χ1n) is 6.43. The summed E-state index contributed by atoms with van der Waals surface area (Å²) in [5.41, 5.74) is 0.478. The van der Waals surface area contributed by atoms with E-state index in [0.29, 0.717) is 16.5 Å². The Morgan fingerprint density at radius 2 is 1.87 bits per heavy atom. The maximum Gasteiger partial charge on any atom is 0.262 e. The van der Waals surface area contributed by atoms with Crippen molar-refractivity contribution >= 4 is 49.0 Å². The summed E-state index contributed by atoms with van der Waals surface area (Å²) in [4.78, 5) is 12.0. The summed E-state index contributed by atoms with van der Waals surface area (Å²) in [6, 6.07) is 11.0. The highest BCUT2D eigenvalue weighted by atomic mass is 79.9. The molecule has 1 N–H and O–H groups in total. The second-order valence-electron chi connectivity index (χ2n) is 4.71. The summed E-state index contributed by atoms with van der Waals surface area (Å²) in [7, 11) is -3.26. The van der Waals surface area contributed by atoms with Crippen LogP contribution < -0.4 is 10.1 Å². The number of hydrogen-bond acceptors (Lipinski definition) is 4. The van der Waals surface area contributed by atoms with Gasteiger partial charge in [0, 0.05) is 16.4 Å². The number of halogens is 2. The first-order valence-corrected chi connectivity index (χ1v) is 9.50. The Bertz CT molecular complexity index is 822. The molecular weight excluding hydrogens is 406 g/mol. The lowest BCUT2D eigenvalue weighted by Gasteiger charge is -2.09. The third-order valence-corrected chi connectivity index (χ3v) is 4.75. The summed E-state index contributed by atoms with van der Waals surface area (Å²) in [5.74, 6) is 0.0109. The average molecular weight is 419 g/mol. The van der Waals surface area contributed by atoms with Crippen molar-refractivity contribution in [2.24, 2.45) is 0 Å². The highest BCUT2D eigenvalue weighted by molar-refractivity contribution is 9.10. The van der Waals surface area contributed by atoms with Gasteiger partial charge in [0.2, 0.25) is 0 Å². The molecule has 122 valence electrons. The first-order chi connectivity index (χ1) is 10.8. The van der Waals surface area contributed by atoms with Crippen molar-refractivity contribution in [3.05, 3.63) is 52.0 Å². The molecule has 1 amide bonds. The van der Waals surface area contributed by atoms with Crippen LogP contribution in [0.3, 0.4) is 0 Å². The van der Waals surface area contributed by atoms with E-state index in [0.717, 1.165) is 10.7 Å². The maximum atomic E-state index is 11.9. The zero-order valence-electron chi connectivity index (χ0n) is 12.0. The third-order valence-electron chi connectivity index (χ3n) is 2.82. The highest BCUT2D eigenvalue weighted by Gasteiger charge is 2.09. The number of carbonyl (C=O) groups excluding carboxylic acids is 1. The Morgan fingerprint density at radius 1 is 1.22 bits per heavy atom. The lowest BCUT2D eigenvalue weighted by Crippen LogP contribution is -2.20. The molecule has 0 aliphatic carbocycles. The Balaban J connectivity index is 1.96. The SMILES string of the molecule is CS(=O)(=O)c1ccc(NC(=O)COc2cc(Br)ccc2Cl)cc1. The van der Waals surface area contributed by atoms with Crippen molar-refractivity contribution in [1.82, 2.24) is 0 Å². The van der Waals surface area contributed by atoms with Crippen molar-refractivity contribution in [1.29, 1.82) is 0 Å². The minimum absolute atomic E-state index is 0.188. The van der Waals surface area contributed by atoms with Crippen LogP contribution in [0.25, 0.3) is 0 Å². The summed E-state index contributed by atoms with van der Waals surface area (Å²) >= 11 is 9.26. The topological polar surface area (TPSA) is 72.5 Å². The van der Waals surface area contributed by atoms with E-state index in [9.17, 15) is 13.2 Å². The normalized spacial score (nSPS) is 11.1. The Hall–Kier alpha value is -1.57. The molecule has 0 saturated heterocycles. The molecule has 0 radical (unpaired) electrons. The second kappa shape index (κ2) is 7.33. The number of rotatable bonds is 5. The van der Waals surface area contributed by atoms with Crippen molar-refractivity contribution in [3.63, 3.8) is 0 Å². The summed E-state index contributed by atoms with van der Waals surface area (Å²) in [6.45, 7) is -0.218. The number of carbonyl (C=O) groups is 1. The largest absolute Gasteiger partial charge is 0.482 e. The van der Waals surface area contributed by atoms with Crippen LogP contribution in [0.2, 0.25) is 5.02 Å². The first kappa shape index (κ1) is 17.8. The summed E-state index contributed by atoms with van der Waals surface area (Å²) in [6.07, 6.45) is 1.12. The smallest absolute Gasteiger partial charge is 0.262 e. The quantitative estimate of drug-likeness (QED) is 0.806. The Kier molecular flexibility index (Phi) is 5.67. The van der Waals surface area contributed by atoms with E-state index in [-0.39, 0.29) is 17.4 Å². The van der Waals surface area contributed by atoms with Crippen LogP contribution in [-0.4, -0.2) is 27.2 Å². The van der Waals surface area contributed by atoms with Crippen LogP contribution in [0.5, 0.6) is 5.75 Å². The van der Waals surface area contributed by atoms with Gasteiger partial charge in [0.15, 0.2) is 16.4 Å². The van der Waals surface area contributed by atoms with Crippen LogP contribution in [0.1, 0.15) is 0 Å². The van der Waals surface area contributed by atoms with Crippen molar-refractivity contribution < 1.29 is 17.9 Å². The van der Waals surface area contributed by atoms with Gasteiger partial charge in [-0.3, -0.25) is 4.79 Å². The summed E-state index contributed by atoms with van der Waals surface area (Å²) < 4.78 is 28.9. The fourth-order valence-corrected chi connectivity index (χ4v) is 2.86. The average Bonchev–Trinajstić information content (AvgIpc) is 2.48. The number of anilines is 1. The van der Waals surface area contributed by atoms with E-state index >= 15 is 0 Å².